The Bertz CT molecular complexity index is 1310. The number of rotatable bonds is 4. The first-order valence-corrected chi connectivity index (χ1v) is 12.2. The largest absolute Gasteiger partial charge is 0.364 e. The fourth-order valence-corrected chi connectivity index (χ4v) is 5.36. The maximum Gasteiger partial charge on any atom is 0.260 e. The second-order valence-electron chi connectivity index (χ2n) is 8.92. The molecule has 0 unspecified atom stereocenters. The van der Waals surface area contributed by atoms with E-state index in [4.69, 9.17) is 0 Å². The van der Waals surface area contributed by atoms with Gasteiger partial charge in [-0.2, -0.15) is 11.3 Å². The lowest BCUT2D eigenvalue weighted by molar-refractivity contribution is -0.114. The van der Waals surface area contributed by atoms with Crippen LogP contribution in [0.2, 0.25) is 0 Å². The summed E-state index contributed by atoms with van der Waals surface area (Å²) < 4.78 is 30.0. The summed E-state index contributed by atoms with van der Waals surface area (Å²) in [4.78, 5) is 26.7. The van der Waals surface area contributed by atoms with Crippen molar-refractivity contribution in [3.8, 4) is 11.1 Å². The molecule has 2 amide bonds. The third kappa shape index (κ3) is 4.56. The number of anilines is 2. The lowest BCUT2D eigenvalue weighted by Gasteiger charge is -2.37. The van der Waals surface area contributed by atoms with Crippen molar-refractivity contribution in [2.45, 2.75) is 25.9 Å². The van der Waals surface area contributed by atoms with Gasteiger partial charge in [0.25, 0.3) is 11.8 Å². The topological polar surface area (TPSA) is 73.5 Å². The zero-order valence-electron chi connectivity index (χ0n) is 19.2. The molecule has 5 rings (SSSR count). The summed E-state index contributed by atoms with van der Waals surface area (Å²) in [6.07, 6.45) is 1.38. The minimum atomic E-state index is -0.685. The molecule has 3 N–H and O–H groups in total. The molecule has 0 saturated carbocycles. The standard InChI is InChI=1S/C26H24F2N4O2S/c1-14-11-32(12-15(2)30-14)24-22(27)8-18(9-23(24)28)29-10-21-20-7-16(17-5-6-35-13-17)3-4-19(20)25(33)31-26(21)34/h3-10,13-15,29-30H,11-12H2,1-2H3,(H,31,33,34)/b21-10-/t14-,15+. The van der Waals surface area contributed by atoms with Gasteiger partial charge in [-0.1, -0.05) is 6.07 Å². The van der Waals surface area contributed by atoms with Crippen molar-refractivity contribution in [1.29, 1.82) is 0 Å². The zero-order valence-corrected chi connectivity index (χ0v) is 20.0. The van der Waals surface area contributed by atoms with Gasteiger partial charge in [-0.15, -0.1) is 0 Å². The van der Waals surface area contributed by atoms with Gasteiger partial charge in [0.15, 0.2) is 11.6 Å². The molecule has 2 atom stereocenters. The highest BCUT2D eigenvalue weighted by Gasteiger charge is 2.28. The normalized spacial score (nSPS) is 21.1. The Morgan fingerprint density at radius 3 is 2.34 bits per heavy atom. The molecule has 1 aromatic heterocycles. The number of nitrogens with zero attached hydrogens (tertiary/aromatic N) is 1. The fourth-order valence-electron chi connectivity index (χ4n) is 4.69. The molecule has 9 heteroatoms. The van der Waals surface area contributed by atoms with E-state index in [9.17, 15) is 9.59 Å². The van der Waals surface area contributed by atoms with Crippen LogP contribution < -0.4 is 20.9 Å². The average molecular weight is 495 g/mol. The molecule has 180 valence electrons. The van der Waals surface area contributed by atoms with Crippen LogP contribution in [0.4, 0.5) is 20.2 Å². The van der Waals surface area contributed by atoms with Gasteiger partial charge in [0.2, 0.25) is 0 Å². The molecule has 35 heavy (non-hydrogen) atoms. The number of amides is 2. The van der Waals surface area contributed by atoms with Crippen LogP contribution in [0.1, 0.15) is 29.8 Å². The molecule has 1 saturated heterocycles. The molecule has 0 aliphatic carbocycles. The molecule has 3 aromatic rings. The molecular formula is C26H24F2N4O2S. The van der Waals surface area contributed by atoms with E-state index in [-0.39, 0.29) is 29.0 Å². The Kier molecular flexibility index (Phi) is 6.12. The number of halogens is 2. The van der Waals surface area contributed by atoms with Gasteiger partial charge in [0, 0.05) is 48.2 Å². The first-order valence-electron chi connectivity index (χ1n) is 11.3. The molecule has 0 bridgehead atoms. The maximum atomic E-state index is 15.0. The number of nitrogens with one attached hydrogen (secondary N) is 3. The summed E-state index contributed by atoms with van der Waals surface area (Å²) in [5.41, 5.74) is 2.94. The monoisotopic (exact) mass is 494 g/mol. The quantitative estimate of drug-likeness (QED) is 0.365. The van der Waals surface area contributed by atoms with Gasteiger partial charge in [-0.25, -0.2) is 8.78 Å². The van der Waals surface area contributed by atoms with Crippen molar-refractivity contribution in [2.24, 2.45) is 0 Å². The summed E-state index contributed by atoms with van der Waals surface area (Å²) in [5, 5.41) is 12.4. The molecule has 0 radical (unpaired) electrons. The SMILES string of the molecule is C[C@@H]1CN(c2c(F)cc(N/C=C3\C(=O)NC(=O)c4ccc(-c5ccsc5)cc43)cc2F)C[C@H](C)N1. The molecule has 0 spiro atoms. The van der Waals surface area contributed by atoms with Crippen LogP contribution in [0.15, 0.2) is 53.4 Å². The second-order valence-corrected chi connectivity index (χ2v) is 9.70. The Balaban J connectivity index is 1.46. The van der Waals surface area contributed by atoms with Gasteiger partial charge in [-0.05, 0) is 66.1 Å². The summed E-state index contributed by atoms with van der Waals surface area (Å²) >= 11 is 1.54. The number of hydrogen-bond acceptors (Lipinski definition) is 6. The van der Waals surface area contributed by atoms with Crippen molar-refractivity contribution < 1.29 is 18.4 Å². The van der Waals surface area contributed by atoms with Gasteiger partial charge in [0.1, 0.15) is 5.69 Å². The highest BCUT2D eigenvalue weighted by molar-refractivity contribution is 7.08. The number of hydrogen-bond donors (Lipinski definition) is 3. The van der Waals surface area contributed by atoms with Gasteiger partial charge in [0.05, 0.1) is 5.57 Å². The van der Waals surface area contributed by atoms with Crippen LogP contribution in [0.5, 0.6) is 0 Å². The number of carbonyl (C=O) groups excluding carboxylic acids is 2. The van der Waals surface area contributed by atoms with Crippen molar-refractivity contribution in [1.82, 2.24) is 10.6 Å². The lowest BCUT2D eigenvalue weighted by atomic mass is 9.92. The summed E-state index contributed by atoms with van der Waals surface area (Å²) in [6.45, 7) is 4.93. The van der Waals surface area contributed by atoms with E-state index in [0.29, 0.717) is 24.2 Å². The number of imide groups is 1. The minimum Gasteiger partial charge on any atom is -0.364 e. The summed E-state index contributed by atoms with van der Waals surface area (Å²) in [5.74, 6) is -2.44. The van der Waals surface area contributed by atoms with Crippen LogP contribution in [-0.2, 0) is 4.79 Å². The van der Waals surface area contributed by atoms with E-state index in [1.54, 1.807) is 28.4 Å². The zero-order chi connectivity index (χ0) is 24.7. The summed E-state index contributed by atoms with van der Waals surface area (Å²) in [6, 6.07) is 9.84. The maximum absolute atomic E-state index is 15.0. The van der Waals surface area contributed by atoms with E-state index < -0.39 is 23.4 Å². The second kappa shape index (κ2) is 9.24. The molecular weight excluding hydrogens is 470 g/mol. The van der Waals surface area contributed by atoms with E-state index in [2.05, 4.69) is 16.0 Å². The summed E-state index contributed by atoms with van der Waals surface area (Å²) in [7, 11) is 0. The highest BCUT2D eigenvalue weighted by atomic mass is 32.1. The first kappa shape index (κ1) is 23.2. The van der Waals surface area contributed by atoms with Crippen molar-refractivity contribution in [3.63, 3.8) is 0 Å². The molecule has 2 aliphatic heterocycles. The van der Waals surface area contributed by atoms with Crippen molar-refractivity contribution >= 4 is 40.1 Å². The Hall–Kier alpha value is -3.56. The molecule has 2 aliphatic rings. The van der Waals surface area contributed by atoms with Crippen molar-refractivity contribution in [2.75, 3.05) is 23.3 Å². The Morgan fingerprint density at radius 1 is 0.971 bits per heavy atom. The van der Waals surface area contributed by atoms with Crippen molar-refractivity contribution in [3.05, 3.63) is 76.1 Å². The Labute approximate surface area is 205 Å². The van der Waals surface area contributed by atoms with Crippen LogP contribution in [-0.4, -0.2) is 37.0 Å². The Morgan fingerprint density at radius 2 is 1.69 bits per heavy atom. The van der Waals surface area contributed by atoms with Gasteiger partial charge < -0.3 is 15.5 Å². The predicted octanol–water partition coefficient (Wildman–Crippen LogP) is 4.60. The third-order valence-corrected chi connectivity index (χ3v) is 6.84. The fraction of sp³-hybridized carbons (Fsp3) is 0.231. The number of piperazine rings is 1. The van der Waals surface area contributed by atoms with Crippen LogP contribution in [0.3, 0.4) is 0 Å². The molecule has 6 nitrogen and oxygen atoms in total. The lowest BCUT2D eigenvalue weighted by Crippen LogP contribution is -2.54. The highest BCUT2D eigenvalue weighted by Crippen LogP contribution is 2.32. The van der Waals surface area contributed by atoms with E-state index in [0.717, 1.165) is 11.1 Å². The predicted molar refractivity (Wildman–Crippen MR) is 134 cm³/mol. The van der Waals surface area contributed by atoms with E-state index >= 15 is 8.78 Å². The van der Waals surface area contributed by atoms with Gasteiger partial charge in [-0.3, -0.25) is 14.9 Å². The number of carbonyl (C=O) groups is 2. The number of thiophene rings is 1. The molecule has 1 fully saturated rings. The first-order chi connectivity index (χ1) is 16.8. The van der Waals surface area contributed by atoms with E-state index in [1.165, 1.54) is 18.3 Å². The molecule has 3 heterocycles. The third-order valence-electron chi connectivity index (χ3n) is 6.15. The van der Waals surface area contributed by atoms with E-state index in [1.807, 2.05) is 36.7 Å². The smallest absolute Gasteiger partial charge is 0.260 e. The minimum absolute atomic E-state index is 0.0600. The van der Waals surface area contributed by atoms with Crippen LogP contribution in [0, 0.1) is 11.6 Å². The van der Waals surface area contributed by atoms with Crippen LogP contribution >= 0.6 is 11.3 Å². The number of benzene rings is 2. The average Bonchev–Trinajstić information content (AvgIpc) is 3.32. The van der Waals surface area contributed by atoms with Crippen LogP contribution in [0.25, 0.3) is 16.7 Å². The number of fused-ring (bicyclic) bond motifs is 1. The van der Waals surface area contributed by atoms with Gasteiger partial charge >= 0.3 is 0 Å². The molecule has 2 aromatic carbocycles.